The van der Waals surface area contributed by atoms with Crippen molar-refractivity contribution in [3.05, 3.63) is 11.8 Å². The number of likely N-dealkylation sites (N-methyl/N-ethyl adjacent to an activating group) is 1. The maximum atomic E-state index is 11.7. The summed E-state index contributed by atoms with van der Waals surface area (Å²) in [5, 5.41) is 0. The van der Waals surface area contributed by atoms with Crippen molar-refractivity contribution < 1.29 is 4.79 Å². The lowest BCUT2D eigenvalue weighted by molar-refractivity contribution is -0.126. The molecule has 0 aliphatic carbocycles. The van der Waals surface area contributed by atoms with Crippen LogP contribution in [0.25, 0.3) is 0 Å². The van der Waals surface area contributed by atoms with Crippen molar-refractivity contribution in [1.29, 1.82) is 0 Å². The zero-order chi connectivity index (χ0) is 10.6. The Bertz CT molecular complexity index is 230. The second kappa shape index (κ2) is 5.00. The summed E-state index contributed by atoms with van der Waals surface area (Å²) < 4.78 is 0. The van der Waals surface area contributed by atoms with Crippen molar-refractivity contribution in [3.63, 3.8) is 0 Å². The molecule has 0 radical (unpaired) electrons. The van der Waals surface area contributed by atoms with Crippen molar-refractivity contribution in [2.75, 3.05) is 33.7 Å². The molecule has 4 nitrogen and oxygen atoms in total. The Morgan fingerprint density at radius 1 is 1.43 bits per heavy atom. The fourth-order valence-electron chi connectivity index (χ4n) is 1.47. The average molecular weight is 197 g/mol. The highest BCUT2D eigenvalue weighted by Gasteiger charge is 2.19. The quantitative estimate of drug-likeness (QED) is 0.649. The third kappa shape index (κ3) is 3.03. The molecule has 1 heterocycles. The van der Waals surface area contributed by atoms with Gasteiger partial charge >= 0.3 is 0 Å². The molecule has 14 heavy (non-hydrogen) atoms. The van der Waals surface area contributed by atoms with Crippen LogP contribution in [-0.2, 0) is 4.79 Å². The molecule has 0 bridgehead atoms. The van der Waals surface area contributed by atoms with Crippen LogP contribution in [0.2, 0.25) is 0 Å². The van der Waals surface area contributed by atoms with E-state index in [1.807, 2.05) is 23.9 Å². The second-order valence-corrected chi connectivity index (χ2v) is 3.92. The molecule has 1 rings (SSSR count). The number of hydrogen-bond donors (Lipinski definition) is 1. The molecule has 0 aromatic carbocycles. The summed E-state index contributed by atoms with van der Waals surface area (Å²) in [5.74, 6) is -0.00986. The molecule has 1 saturated heterocycles. The van der Waals surface area contributed by atoms with Gasteiger partial charge < -0.3 is 15.5 Å². The first-order valence-electron chi connectivity index (χ1n) is 5.01. The molecule has 1 aliphatic heterocycles. The van der Waals surface area contributed by atoms with E-state index in [9.17, 15) is 4.79 Å². The Morgan fingerprint density at radius 2 is 2.00 bits per heavy atom. The molecule has 0 unspecified atom stereocenters. The van der Waals surface area contributed by atoms with Gasteiger partial charge in [0.25, 0.3) is 5.91 Å². The Kier molecular flexibility index (Phi) is 3.95. The largest absolute Gasteiger partial charge is 0.394 e. The number of carbonyl (C=O) groups is 1. The Morgan fingerprint density at radius 3 is 2.50 bits per heavy atom. The van der Waals surface area contributed by atoms with Gasteiger partial charge in [-0.2, -0.15) is 0 Å². The molecule has 2 N–H and O–H groups in total. The maximum absolute atomic E-state index is 11.7. The highest BCUT2D eigenvalue weighted by Crippen LogP contribution is 2.09. The van der Waals surface area contributed by atoms with Gasteiger partial charge in [-0.1, -0.05) is 0 Å². The minimum atomic E-state index is -0.00986. The van der Waals surface area contributed by atoms with Crippen molar-refractivity contribution in [2.45, 2.75) is 12.8 Å². The first kappa shape index (κ1) is 11.0. The second-order valence-electron chi connectivity index (χ2n) is 3.92. The van der Waals surface area contributed by atoms with Crippen molar-refractivity contribution in [1.82, 2.24) is 9.80 Å². The van der Waals surface area contributed by atoms with Crippen LogP contribution >= 0.6 is 0 Å². The van der Waals surface area contributed by atoms with E-state index in [2.05, 4.69) is 0 Å². The van der Waals surface area contributed by atoms with Gasteiger partial charge in [0.2, 0.25) is 0 Å². The lowest BCUT2D eigenvalue weighted by Crippen LogP contribution is -2.32. The third-order valence-corrected chi connectivity index (χ3v) is 2.32. The van der Waals surface area contributed by atoms with Crippen LogP contribution in [0.1, 0.15) is 12.8 Å². The molecule has 1 fully saturated rings. The van der Waals surface area contributed by atoms with Crippen molar-refractivity contribution in [3.8, 4) is 0 Å². The van der Waals surface area contributed by atoms with E-state index in [1.54, 1.807) is 6.08 Å². The minimum absolute atomic E-state index is 0.00986. The summed E-state index contributed by atoms with van der Waals surface area (Å²) in [4.78, 5) is 15.5. The van der Waals surface area contributed by atoms with Gasteiger partial charge in [-0.3, -0.25) is 4.79 Å². The van der Waals surface area contributed by atoms with Crippen LogP contribution < -0.4 is 5.73 Å². The van der Waals surface area contributed by atoms with Crippen molar-refractivity contribution in [2.24, 2.45) is 5.73 Å². The van der Waals surface area contributed by atoms with Gasteiger partial charge in [-0.05, 0) is 33.0 Å². The summed E-state index contributed by atoms with van der Waals surface area (Å²) in [6.07, 6.45) is 3.99. The van der Waals surface area contributed by atoms with Crippen LogP contribution in [-0.4, -0.2) is 49.4 Å². The SMILES string of the molecule is CN(C)CC=C(N)C(=O)N1CCCC1. The van der Waals surface area contributed by atoms with E-state index in [-0.39, 0.29) is 5.91 Å². The van der Waals surface area contributed by atoms with Crippen LogP contribution in [0.15, 0.2) is 11.8 Å². The predicted molar refractivity (Wildman–Crippen MR) is 56.6 cm³/mol. The number of likely N-dealkylation sites (tertiary alicyclic amines) is 1. The topological polar surface area (TPSA) is 49.6 Å². The summed E-state index contributed by atoms with van der Waals surface area (Å²) >= 11 is 0. The number of carbonyl (C=O) groups excluding carboxylic acids is 1. The lowest BCUT2D eigenvalue weighted by Gasteiger charge is -2.15. The fraction of sp³-hybridized carbons (Fsp3) is 0.700. The summed E-state index contributed by atoms with van der Waals surface area (Å²) in [6, 6.07) is 0. The Balaban J connectivity index is 2.46. The third-order valence-electron chi connectivity index (χ3n) is 2.32. The van der Waals surface area contributed by atoms with Gasteiger partial charge in [0, 0.05) is 19.6 Å². The first-order valence-corrected chi connectivity index (χ1v) is 5.01. The number of rotatable bonds is 3. The number of amides is 1. The number of nitrogens with zero attached hydrogens (tertiary/aromatic N) is 2. The van der Waals surface area contributed by atoms with E-state index in [1.165, 1.54) is 0 Å². The van der Waals surface area contributed by atoms with Gasteiger partial charge in [0.05, 0.1) is 5.70 Å². The summed E-state index contributed by atoms with van der Waals surface area (Å²) in [6.45, 7) is 2.43. The van der Waals surface area contributed by atoms with Crippen molar-refractivity contribution >= 4 is 5.91 Å². The molecular formula is C10H19N3O. The molecule has 1 aliphatic rings. The van der Waals surface area contributed by atoms with E-state index in [0.717, 1.165) is 25.9 Å². The Hall–Kier alpha value is -1.03. The average Bonchev–Trinajstić information content (AvgIpc) is 2.65. The van der Waals surface area contributed by atoms with Crippen LogP contribution in [0, 0.1) is 0 Å². The standard InChI is InChI=1S/C10H19N3O/c1-12(2)8-5-9(11)10(14)13-6-3-4-7-13/h5H,3-4,6-8,11H2,1-2H3. The summed E-state index contributed by atoms with van der Waals surface area (Å²) in [7, 11) is 3.90. The summed E-state index contributed by atoms with van der Waals surface area (Å²) in [5.41, 5.74) is 6.06. The van der Waals surface area contributed by atoms with E-state index in [0.29, 0.717) is 12.2 Å². The molecule has 0 aromatic heterocycles. The van der Waals surface area contributed by atoms with E-state index < -0.39 is 0 Å². The highest BCUT2D eigenvalue weighted by atomic mass is 16.2. The molecule has 1 amide bonds. The normalized spacial score (nSPS) is 17.9. The predicted octanol–water partition coefficient (Wildman–Crippen LogP) is 0.0130. The van der Waals surface area contributed by atoms with Gasteiger partial charge in [0.1, 0.15) is 0 Å². The van der Waals surface area contributed by atoms with Gasteiger partial charge in [-0.25, -0.2) is 0 Å². The van der Waals surface area contributed by atoms with Crippen LogP contribution in [0.3, 0.4) is 0 Å². The monoisotopic (exact) mass is 197 g/mol. The van der Waals surface area contributed by atoms with Gasteiger partial charge in [-0.15, -0.1) is 0 Å². The minimum Gasteiger partial charge on any atom is -0.394 e. The lowest BCUT2D eigenvalue weighted by atomic mass is 10.3. The zero-order valence-corrected chi connectivity index (χ0v) is 8.99. The van der Waals surface area contributed by atoms with E-state index in [4.69, 9.17) is 5.73 Å². The van der Waals surface area contributed by atoms with Crippen LogP contribution in [0.4, 0.5) is 0 Å². The number of nitrogens with two attached hydrogens (primary N) is 1. The van der Waals surface area contributed by atoms with E-state index >= 15 is 0 Å². The molecule has 0 atom stereocenters. The smallest absolute Gasteiger partial charge is 0.269 e. The zero-order valence-electron chi connectivity index (χ0n) is 8.99. The molecule has 80 valence electrons. The fourth-order valence-corrected chi connectivity index (χ4v) is 1.47. The Labute approximate surface area is 85.3 Å². The van der Waals surface area contributed by atoms with Crippen LogP contribution in [0.5, 0.6) is 0 Å². The first-order chi connectivity index (χ1) is 6.61. The highest BCUT2D eigenvalue weighted by molar-refractivity contribution is 5.92. The molecule has 0 saturated carbocycles. The molecular weight excluding hydrogens is 178 g/mol. The molecule has 4 heteroatoms. The molecule has 0 aromatic rings. The maximum Gasteiger partial charge on any atom is 0.269 e. The van der Waals surface area contributed by atoms with Gasteiger partial charge in [0.15, 0.2) is 0 Å². The number of hydrogen-bond acceptors (Lipinski definition) is 3. The molecule has 0 spiro atoms.